The van der Waals surface area contributed by atoms with Crippen LogP contribution >= 0.6 is 11.6 Å². The van der Waals surface area contributed by atoms with Crippen LogP contribution in [-0.2, 0) is 9.53 Å². The Balaban J connectivity index is 1.59. The molecule has 7 heteroatoms. The van der Waals surface area contributed by atoms with Gasteiger partial charge >= 0.3 is 6.09 Å². The van der Waals surface area contributed by atoms with E-state index in [1.165, 1.54) is 0 Å². The van der Waals surface area contributed by atoms with Gasteiger partial charge in [0.25, 0.3) is 0 Å². The molecule has 1 aliphatic heterocycles. The normalized spacial score (nSPS) is 14.6. The average molecular weight is 381 g/mol. The number of hydrogen-bond acceptors (Lipinski definition) is 4. The summed E-state index contributed by atoms with van der Waals surface area (Å²) in [5.41, 5.74) is 0. The van der Waals surface area contributed by atoms with Gasteiger partial charge in [-0.15, -0.1) is 0 Å². The van der Waals surface area contributed by atoms with E-state index in [0.29, 0.717) is 43.3 Å². The summed E-state index contributed by atoms with van der Waals surface area (Å²) in [5.74, 6) is 0.630. The van der Waals surface area contributed by atoms with Gasteiger partial charge in [-0.2, -0.15) is 0 Å². The van der Waals surface area contributed by atoms with Crippen LogP contribution in [0, 0.1) is 0 Å². The summed E-state index contributed by atoms with van der Waals surface area (Å²) in [4.78, 5) is 25.4. The van der Waals surface area contributed by atoms with Gasteiger partial charge in [0.15, 0.2) is 0 Å². The first-order valence-corrected chi connectivity index (χ1v) is 9.17. The Kier molecular flexibility index (Phi) is 8.28. The molecule has 0 aliphatic carbocycles. The van der Waals surface area contributed by atoms with Crippen LogP contribution in [0.4, 0.5) is 4.79 Å². The van der Waals surface area contributed by atoms with E-state index < -0.39 is 0 Å². The molecule has 1 aromatic carbocycles. The second kappa shape index (κ2) is 10.7. The minimum Gasteiger partial charge on any atom is -0.492 e. The lowest BCUT2D eigenvalue weighted by Gasteiger charge is -2.31. The van der Waals surface area contributed by atoms with Gasteiger partial charge in [-0.25, -0.2) is 4.79 Å². The fourth-order valence-corrected chi connectivity index (χ4v) is 2.89. The number of rotatable bonds is 8. The Morgan fingerprint density at radius 2 is 2.04 bits per heavy atom. The minimum atomic E-state index is -0.327. The number of piperidine rings is 1. The molecule has 6 nitrogen and oxygen atoms in total. The zero-order valence-electron chi connectivity index (χ0n) is 14.8. The average Bonchev–Trinajstić information content (AvgIpc) is 2.65. The van der Waals surface area contributed by atoms with Crippen molar-refractivity contribution in [2.75, 3.05) is 26.3 Å². The van der Waals surface area contributed by atoms with E-state index in [4.69, 9.17) is 21.1 Å². The van der Waals surface area contributed by atoms with Gasteiger partial charge in [0.2, 0.25) is 5.91 Å². The topological polar surface area (TPSA) is 67.9 Å². The van der Waals surface area contributed by atoms with Crippen LogP contribution in [0.1, 0.15) is 25.7 Å². The lowest BCUT2D eigenvalue weighted by atomic mass is 10.1. The summed E-state index contributed by atoms with van der Waals surface area (Å²) in [6.45, 7) is 5.32. The van der Waals surface area contributed by atoms with Crippen LogP contribution in [0.5, 0.6) is 5.75 Å². The molecule has 0 radical (unpaired) electrons. The van der Waals surface area contributed by atoms with Gasteiger partial charge in [0.1, 0.15) is 12.4 Å². The molecule has 26 heavy (non-hydrogen) atoms. The molecule has 0 bridgehead atoms. The predicted molar refractivity (Wildman–Crippen MR) is 100 cm³/mol. The van der Waals surface area contributed by atoms with Crippen LogP contribution in [0.15, 0.2) is 36.9 Å². The van der Waals surface area contributed by atoms with Crippen LogP contribution in [0.25, 0.3) is 0 Å². The van der Waals surface area contributed by atoms with E-state index in [1.54, 1.807) is 23.1 Å². The molecule has 1 aliphatic rings. The Bertz CT molecular complexity index is 615. The highest BCUT2D eigenvalue weighted by atomic mass is 35.5. The molecule has 0 saturated carbocycles. The molecule has 0 unspecified atom stereocenters. The molecule has 2 rings (SSSR count). The molecule has 0 aromatic heterocycles. The van der Waals surface area contributed by atoms with Crippen molar-refractivity contribution >= 4 is 23.6 Å². The number of para-hydroxylation sites is 1. The first-order chi connectivity index (χ1) is 12.6. The van der Waals surface area contributed by atoms with Crippen LogP contribution in [0.2, 0.25) is 5.02 Å². The SMILES string of the molecule is C=CCOC(=O)N1CCC(NC(=O)CCCOc2ccccc2Cl)CC1. The number of nitrogens with zero attached hydrogens (tertiary/aromatic N) is 1. The third kappa shape index (κ3) is 6.59. The van der Waals surface area contributed by atoms with Gasteiger partial charge in [-0.05, 0) is 31.4 Å². The zero-order valence-corrected chi connectivity index (χ0v) is 15.5. The van der Waals surface area contributed by atoms with Crippen molar-refractivity contribution in [1.82, 2.24) is 10.2 Å². The Morgan fingerprint density at radius 3 is 2.73 bits per heavy atom. The molecule has 2 amide bonds. The van der Waals surface area contributed by atoms with E-state index in [9.17, 15) is 9.59 Å². The van der Waals surface area contributed by atoms with E-state index in [-0.39, 0.29) is 24.6 Å². The van der Waals surface area contributed by atoms with Gasteiger partial charge in [-0.3, -0.25) is 4.79 Å². The number of hydrogen-bond donors (Lipinski definition) is 1. The molecule has 1 heterocycles. The summed E-state index contributed by atoms with van der Waals surface area (Å²) in [5, 5.41) is 3.58. The third-order valence-electron chi connectivity index (χ3n) is 4.09. The standard InChI is InChI=1S/C19H25ClN2O4/c1-2-13-26-19(24)22-11-9-15(10-12-22)21-18(23)8-5-14-25-17-7-4-3-6-16(17)20/h2-4,6-7,15H,1,5,8-14H2,(H,21,23). The zero-order chi connectivity index (χ0) is 18.8. The lowest BCUT2D eigenvalue weighted by Crippen LogP contribution is -2.46. The van der Waals surface area contributed by atoms with Crippen LogP contribution in [0.3, 0.4) is 0 Å². The smallest absolute Gasteiger partial charge is 0.410 e. The Labute approximate surface area is 159 Å². The molecule has 1 fully saturated rings. The molecular weight excluding hydrogens is 356 g/mol. The molecular formula is C19H25ClN2O4. The molecule has 0 atom stereocenters. The molecule has 142 valence electrons. The summed E-state index contributed by atoms with van der Waals surface area (Å²) in [6.07, 6.45) is 3.68. The first-order valence-electron chi connectivity index (χ1n) is 8.79. The summed E-state index contributed by atoms with van der Waals surface area (Å²) < 4.78 is 10.6. The summed E-state index contributed by atoms with van der Waals surface area (Å²) >= 11 is 6.01. The van der Waals surface area contributed by atoms with Crippen molar-refractivity contribution in [3.63, 3.8) is 0 Å². The largest absolute Gasteiger partial charge is 0.492 e. The van der Waals surface area contributed by atoms with Crippen LogP contribution in [-0.4, -0.2) is 49.2 Å². The summed E-state index contributed by atoms with van der Waals surface area (Å²) in [7, 11) is 0. The van der Waals surface area contributed by atoms with Gasteiger partial charge in [0, 0.05) is 25.6 Å². The Morgan fingerprint density at radius 1 is 1.31 bits per heavy atom. The number of halogens is 1. The maximum absolute atomic E-state index is 12.0. The van der Waals surface area contributed by atoms with Crippen molar-refractivity contribution in [2.45, 2.75) is 31.7 Å². The fourth-order valence-electron chi connectivity index (χ4n) is 2.70. The second-order valence-electron chi connectivity index (χ2n) is 6.08. The maximum atomic E-state index is 12.0. The number of likely N-dealkylation sites (tertiary alicyclic amines) is 1. The number of carbonyl (C=O) groups is 2. The molecule has 1 saturated heterocycles. The van der Waals surface area contributed by atoms with Crippen molar-refractivity contribution in [1.29, 1.82) is 0 Å². The van der Waals surface area contributed by atoms with Crippen molar-refractivity contribution < 1.29 is 19.1 Å². The number of ether oxygens (including phenoxy) is 2. The number of amides is 2. The predicted octanol–water partition coefficient (Wildman–Crippen LogP) is 3.40. The van der Waals surface area contributed by atoms with E-state index >= 15 is 0 Å². The molecule has 0 spiro atoms. The number of nitrogens with one attached hydrogen (secondary N) is 1. The van der Waals surface area contributed by atoms with E-state index in [1.807, 2.05) is 12.1 Å². The first kappa shape index (κ1) is 20.1. The highest BCUT2D eigenvalue weighted by Crippen LogP contribution is 2.23. The number of benzene rings is 1. The van der Waals surface area contributed by atoms with Crippen molar-refractivity contribution in [2.24, 2.45) is 0 Å². The minimum absolute atomic E-state index is 0.000410. The second-order valence-corrected chi connectivity index (χ2v) is 6.48. The van der Waals surface area contributed by atoms with Gasteiger partial charge < -0.3 is 19.7 Å². The third-order valence-corrected chi connectivity index (χ3v) is 4.40. The molecule has 1 N–H and O–H groups in total. The van der Waals surface area contributed by atoms with E-state index in [0.717, 1.165) is 12.8 Å². The lowest BCUT2D eigenvalue weighted by molar-refractivity contribution is -0.122. The van der Waals surface area contributed by atoms with E-state index in [2.05, 4.69) is 11.9 Å². The highest BCUT2D eigenvalue weighted by Gasteiger charge is 2.24. The monoisotopic (exact) mass is 380 g/mol. The quantitative estimate of drug-likeness (QED) is 0.554. The highest BCUT2D eigenvalue weighted by molar-refractivity contribution is 6.32. The van der Waals surface area contributed by atoms with Crippen LogP contribution < -0.4 is 10.1 Å². The van der Waals surface area contributed by atoms with Gasteiger partial charge in [0.05, 0.1) is 11.6 Å². The van der Waals surface area contributed by atoms with Crippen molar-refractivity contribution in [3.05, 3.63) is 41.9 Å². The fraction of sp³-hybridized carbons (Fsp3) is 0.474. The van der Waals surface area contributed by atoms with Gasteiger partial charge in [-0.1, -0.05) is 36.4 Å². The summed E-state index contributed by atoms with van der Waals surface area (Å²) in [6, 6.07) is 7.36. The maximum Gasteiger partial charge on any atom is 0.410 e. The van der Waals surface area contributed by atoms with Crippen molar-refractivity contribution in [3.8, 4) is 5.75 Å². The number of carbonyl (C=O) groups excluding carboxylic acids is 2. The Hall–Kier alpha value is -2.21. The molecule has 1 aromatic rings.